The molecule has 9 heteroatoms. The number of anilines is 1. The van der Waals surface area contributed by atoms with E-state index >= 15 is 0 Å². The molecule has 0 bridgehead atoms. The molecule has 3 aromatic carbocycles. The Morgan fingerprint density at radius 1 is 1.03 bits per heavy atom. The Labute approximate surface area is 217 Å². The highest BCUT2D eigenvalue weighted by Crippen LogP contribution is 2.28. The quantitative estimate of drug-likeness (QED) is 0.360. The number of amides is 1. The lowest BCUT2D eigenvalue weighted by Crippen LogP contribution is -2.32. The molecule has 0 saturated carbocycles. The fraction of sp³-hybridized carbons (Fsp3) is 0.240. The molecule has 0 fully saturated rings. The maximum Gasteiger partial charge on any atom is 0.265 e. The van der Waals surface area contributed by atoms with Crippen LogP contribution in [0.2, 0.25) is 0 Å². The van der Waals surface area contributed by atoms with E-state index in [1.54, 1.807) is 36.4 Å². The SMILES string of the molecule is Cc1ccc(CC(CO)CNC(=O)c2ccc(Br)c(S(=O)(=O)N(C)c3ccccc3)c2)cc1Br. The number of halogens is 2. The van der Waals surface area contributed by atoms with Crippen LogP contribution in [0.1, 0.15) is 21.5 Å². The third kappa shape index (κ3) is 6.27. The van der Waals surface area contributed by atoms with E-state index in [4.69, 9.17) is 0 Å². The van der Waals surface area contributed by atoms with Crippen molar-refractivity contribution >= 4 is 53.5 Å². The van der Waals surface area contributed by atoms with Gasteiger partial charge in [-0.05, 0) is 76.8 Å². The Morgan fingerprint density at radius 3 is 2.38 bits per heavy atom. The summed E-state index contributed by atoms with van der Waals surface area (Å²) in [7, 11) is -2.43. The second-order valence-corrected chi connectivity index (χ2v) is 11.6. The van der Waals surface area contributed by atoms with Crippen LogP contribution in [0.5, 0.6) is 0 Å². The molecular weight excluding hydrogens is 584 g/mol. The molecule has 34 heavy (non-hydrogen) atoms. The molecular formula is C25H26Br2N2O4S. The summed E-state index contributed by atoms with van der Waals surface area (Å²) in [6.45, 7) is 2.17. The summed E-state index contributed by atoms with van der Waals surface area (Å²) < 4.78 is 29.0. The van der Waals surface area contributed by atoms with Crippen LogP contribution in [0.3, 0.4) is 0 Å². The monoisotopic (exact) mass is 608 g/mol. The van der Waals surface area contributed by atoms with E-state index < -0.39 is 15.9 Å². The topological polar surface area (TPSA) is 86.7 Å². The van der Waals surface area contributed by atoms with E-state index in [9.17, 15) is 18.3 Å². The number of rotatable bonds is 9. The molecule has 0 aliphatic rings. The highest BCUT2D eigenvalue weighted by molar-refractivity contribution is 9.10. The Kier molecular flexibility index (Phi) is 8.92. The predicted molar refractivity (Wildman–Crippen MR) is 142 cm³/mol. The van der Waals surface area contributed by atoms with Gasteiger partial charge in [-0.25, -0.2) is 8.42 Å². The first-order valence-corrected chi connectivity index (χ1v) is 13.6. The number of carbonyl (C=O) groups excluding carboxylic acids is 1. The van der Waals surface area contributed by atoms with E-state index in [1.807, 2.05) is 31.2 Å². The second-order valence-electron chi connectivity index (χ2n) is 8.00. The minimum absolute atomic E-state index is 0.00489. The van der Waals surface area contributed by atoms with Crippen molar-refractivity contribution in [1.82, 2.24) is 5.32 Å². The van der Waals surface area contributed by atoms with Crippen LogP contribution in [0.25, 0.3) is 0 Å². The normalized spacial score (nSPS) is 12.3. The third-order valence-electron chi connectivity index (χ3n) is 5.52. The molecule has 0 saturated heterocycles. The maximum atomic E-state index is 13.2. The molecule has 6 nitrogen and oxygen atoms in total. The number of aliphatic hydroxyl groups excluding tert-OH is 1. The average Bonchev–Trinajstić information content (AvgIpc) is 2.83. The van der Waals surface area contributed by atoms with Gasteiger partial charge in [-0.15, -0.1) is 0 Å². The van der Waals surface area contributed by atoms with Crippen molar-refractivity contribution in [3.63, 3.8) is 0 Å². The van der Waals surface area contributed by atoms with Gasteiger partial charge in [0.25, 0.3) is 15.9 Å². The van der Waals surface area contributed by atoms with Crippen molar-refractivity contribution in [3.05, 3.63) is 92.4 Å². The number of benzene rings is 3. The molecule has 0 aliphatic carbocycles. The number of aryl methyl sites for hydroxylation is 1. The largest absolute Gasteiger partial charge is 0.396 e. The smallest absolute Gasteiger partial charge is 0.265 e. The zero-order valence-electron chi connectivity index (χ0n) is 18.8. The van der Waals surface area contributed by atoms with Crippen LogP contribution in [-0.2, 0) is 16.4 Å². The number of hydrogen-bond acceptors (Lipinski definition) is 4. The summed E-state index contributed by atoms with van der Waals surface area (Å²) in [6.07, 6.45) is 0.595. The van der Waals surface area contributed by atoms with E-state index in [1.165, 1.54) is 17.4 Å². The van der Waals surface area contributed by atoms with E-state index in [-0.39, 0.29) is 29.5 Å². The summed E-state index contributed by atoms with van der Waals surface area (Å²) in [4.78, 5) is 12.8. The van der Waals surface area contributed by atoms with E-state index in [2.05, 4.69) is 37.2 Å². The molecule has 0 radical (unpaired) electrons. The summed E-state index contributed by atoms with van der Waals surface area (Å²) >= 11 is 6.82. The van der Waals surface area contributed by atoms with Crippen LogP contribution in [0, 0.1) is 12.8 Å². The molecule has 1 unspecified atom stereocenters. The number of nitrogens with zero attached hydrogens (tertiary/aromatic N) is 1. The van der Waals surface area contributed by atoms with Gasteiger partial charge in [0, 0.05) is 40.6 Å². The van der Waals surface area contributed by atoms with Crippen molar-refractivity contribution in [1.29, 1.82) is 0 Å². The summed E-state index contributed by atoms with van der Waals surface area (Å²) in [5.41, 5.74) is 2.90. The average molecular weight is 610 g/mol. The van der Waals surface area contributed by atoms with E-state index in [0.29, 0.717) is 16.6 Å². The predicted octanol–water partition coefficient (Wildman–Crippen LogP) is 4.93. The Hall–Kier alpha value is -2.20. The lowest BCUT2D eigenvalue weighted by atomic mass is 9.99. The molecule has 1 amide bonds. The van der Waals surface area contributed by atoms with Crippen LogP contribution in [-0.4, -0.2) is 39.6 Å². The Bertz CT molecular complexity index is 1270. The molecule has 0 heterocycles. The molecule has 1 atom stereocenters. The lowest BCUT2D eigenvalue weighted by Gasteiger charge is -2.21. The van der Waals surface area contributed by atoms with Crippen molar-refractivity contribution in [3.8, 4) is 0 Å². The van der Waals surface area contributed by atoms with Gasteiger partial charge in [0.2, 0.25) is 0 Å². The fourth-order valence-electron chi connectivity index (χ4n) is 3.40. The molecule has 0 aromatic heterocycles. The standard InChI is InChI=1S/C25H26Br2N2O4S/c1-17-8-9-18(13-23(17)27)12-19(16-30)15-28-25(31)20-10-11-22(26)24(14-20)34(32,33)29(2)21-6-4-3-5-7-21/h3-11,13-14,19,30H,12,15-16H2,1-2H3,(H,28,31). The van der Waals surface area contributed by atoms with Gasteiger partial charge in [0.05, 0.1) is 5.69 Å². The number of hydrogen-bond donors (Lipinski definition) is 2. The third-order valence-corrected chi connectivity index (χ3v) is 9.16. The summed E-state index contributed by atoms with van der Waals surface area (Å²) in [6, 6.07) is 19.2. The van der Waals surface area contributed by atoms with Gasteiger partial charge < -0.3 is 10.4 Å². The first kappa shape index (κ1) is 26.4. The first-order valence-electron chi connectivity index (χ1n) is 10.6. The second kappa shape index (κ2) is 11.5. The Balaban J connectivity index is 1.74. The number of aliphatic hydroxyl groups is 1. The zero-order valence-corrected chi connectivity index (χ0v) is 22.8. The fourth-order valence-corrected chi connectivity index (χ4v) is 5.97. The first-order chi connectivity index (χ1) is 16.1. The van der Waals surface area contributed by atoms with Crippen molar-refractivity contribution in [2.24, 2.45) is 5.92 Å². The number of para-hydroxylation sites is 1. The van der Waals surface area contributed by atoms with Crippen LogP contribution >= 0.6 is 31.9 Å². The van der Waals surface area contributed by atoms with Gasteiger partial charge in [0.15, 0.2) is 0 Å². The lowest BCUT2D eigenvalue weighted by molar-refractivity contribution is 0.0939. The molecule has 3 aromatic rings. The van der Waals surface area contributed by atoms with Crippen molar-refractivity contribution < 1.29 is 18.3 Å². The van der Waals surface area contributed by atoms with Crippen molar-refractivity contribution in [2.45, 2.75) is 18.2 Å². The van der Waals surface area contributed by atoms with Crippen LogP contribution < -0.4 is 9.62 Å². The van der Waals surface area contributed by atoms with Crippen LogP contribution in [0.4, 0.5) is 5.69 Å². The molecule has 2 N–H and O–H groups in total. The van der Waals surface area contributed by atoms with Gasteiger partial charge in [0.1, 0.15) is 4.90 Å². The molecule has 3 rings (SSSR count). The van der Waals surface area contributed by atoms with E-state index in [0.717, 1.165) is 15.6 Å². The molecule has 0 spiro atoms. The highest BCUT2D eigenvalue weighted by Gasteiger charge is 2.25. The Morgan fingerprint density at radius 2 is 1.74 bits per heavy atom. The minimum Gasteiger partial charge on any atom is -0.396 e. The van der Waals surface area contributed by atoms with Crippen LogP contribution in [0.15, 0.2) is 80.6 Å². The van der Waals surface area contributed by atoms with Gasteiger partial charge in [-0.2, -0.15) is 0 Å². The summed E-state index contributed by atoms with van der Waals surface area (Å²) in [5.74, 6) is -0.587. The number of sulfonamides is 1. The zero-order chi connectivity index (χ0) is 24.9. The number of carbonyl (C=O) groups is 1. The van der Waals surface area contributed by atoms with Gasteiger partial charge in [-0.1, -0.05) is 46.3 Å². The van der Waals surface area contributed by atoms with Crippen molar-refractivity contribution in [2.75, 3.05) is 24.5 Å². The number of nitrogens with one attached hydrogen (secondary N) is 1. The van der Waals surface area contributed by atoms with Gasteiger partial charge >= 0.3 is 0 Å². The summed E-state index contributed by atoms with van der Waals surface area (Å²) in [5, 5.41) is 12.6. The molecule has 0 aliphatic heterocycles. The van der Waals surface area contributed by atoms with Gasteiger partial charge in [-0.3, -0.25) is 9.10 Å². The molecule has 180 valence electrons. The minimum atomic E-state index is -3.90. The maximum absolute atomic E-state index is 13.2. The highest BCUT2D eigenvalue weighted by atomic mass is 79.9.